The summed E-state index contributed by atoms with van der Waals surface area (Å²) in [5.41, 5.74) is 5.15. The monoisotopic (exact) mass is 99.1 g/mol. The first-order valence-corrected chi connectivity index (χ1v) is 2.08. The zero-order valence-electron chi connectivity index (χ0n) is 4.26. The predicted octanol–water partition coefficient (Wildman–Crippen LogP) is -0.672. The van der Waals surface area contributed by atoms with Crippen LogP contribution >= 0.6 is 0 Å². The molecule has 0 spiro atoms. The highest BCUT2D eigenvalue weighted by Crippen LogP contribution is 1.82. The molecule has 0 aliphatic heterocycles. The Labute approximate surface area is 43.3 Å². The second kappa shape index (κ2) is 2.62. The molecule has 0 saturated heterocycles. The Morgan fingerprint density at radius 2 is 2.29 bits per heavy atom. The SMILES string of the molecule is C#CC(O)[C@H](C)N. The fraction of sp³-hybridized carbons (Fsp3) is 0.600. The summed E-state index contributed by atoms with van der Waals surface area (Å²) < 4.78 is 0. The number of aliphatic hydroxyl groups excluding tert-OH is 1. The van der Waals surface area contributed by atoms with Crippen LogP contribution in [0.2, 0.25) is 0 Å². The Morgan fingerprint density at radius 1 is 1.86 bits per heavy atom. The van der Waals surface area contributed by atoms with Crippen molar-refractivity contribution in [3.63, 3.8) is 0 Å². The molecule has 0 aliphatic carbocycles. The number of terminal acetylenes is 1. The molecule has 0 radical (unpaired) electrons. The lowest BCUT2D eigenvalue weighted by molar-refractivity contribution is 0.208. The van der Waals surface area contributed by atoms with Gasteiger partial charge in [0.1, 0.15) is 6.10 Å². The van der Waals surface area contributed by atoms with Gasteiger partial charge in [0.15, 0.2) is 0 Å². The van der Waals surface area contributed by atoms with Crippen LogP contribution in [0.4, 0.5) is 0 Å². The van der Waals surface area contributed by atoms with Crippen molar-refractivity contribution in [1.29, 1.82) is 0 Å². The van der Waals surface area contributed by atoms with E-state index in [1.54, 1.807) is 6.92 Å². The van der Waals surface area contributed by atoms with Crippen molar-refractivity contribution < 1.29 is 5.11 Å². The minimum Gasteiger partial charge on any atom is -0.379 e. The largest absolute Gasteiger partial charge is 0.379 e. The Hall–Kier alpha value is -0.520. The van der Waals surface area contributed by atoms with Crippen LogP contribution < -0.4 is 5.73 Å². The Bertz CT molecular complexity index is 82.6. The second-order valence-corrected chi connectivity index (χ2v) is 1.47. The van der Waals surface area contributed by atoms with Gasteiger partial charge < -0.3 is 10.8 Å². The van der Waals surface area contributed by atoms with E-state index in [9.17, 15) is 0 Å². The fourth-order valence-electron chi connectivity index (χ4n) is 0.152. The van der Waals surface area contributed by atoms with E-state index in [1.165, 1.54) is 0 Å². The van der Waals surface area contributed by atoms with Crippen LogP contribution in [0.25, 0.3) is 0 Å². The van der Waals surface area contributed by atoms with Crippen molar-refractivity contribution in [3.8, 4) is 12.3 Å². The first kappa shape index (κ1) is 6.48. The summed E-state index contributed by atoms with van der Waals surface area (Å²) in [6, 6.07) is -0.315. The van der Waals surface area contributed by atoms with Crippen LogP contribution in [-0.2, 0) is 0 Å². The lowest BCUT2D eigenvalue weighted by Crippen LogP contribution is -2.29. The standard InChI is InChI=1S/C5H9NO/c1-3-5(7)4(2)6/h1,4-5,7H,6H2,2H3/t4-,5?/m0/s1. The molecule has 7 heavy (non-hydrogen) atoms. The lowest BCUT2D eigenvalue weighted by atomic mass is 10.2. The van der Waals surface area contributed by atoms with E-state index < -0.39 is 6.10 Å². The first-order valence-electron chi connectivity index (χ1n) is 2.08. The molecule has 0 aromatic carbocycles. The van der Waals surface area contributed by atoms with Crippen LogP contribution in [0, 0.1) is 12.3 Å². The summed E-state index contributed by atoms with van der Waals surface area (Å²) in [5.74, 6) is 2.09. The van der Waals surface area contributed by atoms with E-state index in [1.807, 2.05) is 0 Å². The number of nitrogens with two attached hydrogens (primary N) is 1. The highest BCUT2D eigenvalue weighted by atomic mass is 16.3. The summed E-state index contributed by atoms with van der Waals surface area (Å²) >= 11 is 0. The molecule has 1 unspecified atom stereocenters. The van der Waals surface area contributed by atoms with Gasteiger partial charge in [-0.05, 0) is 6.92 Å². The first-order chi connectivity index (χ1) is 3.18. The van der Waals surface area contributed by atoms with Crippen molar-refractivity contribution in [2.75, 3.05) is 0 Å². The molecule has 2 heteroatoms. The molecule has 0 fully saturated rings. The Morgan fingerprint density at radius 3 is 2.29 bits per heavy atom. The van der Waals surface area contributed by atoms with E-state index in [0.717, 1.165) is 0 Å². The minimum atomic E-state index is -0.792. The maximum atomic E-state index is 8.57. The van der Waals surface area contributed by atoms with Crippen molar-refractivity contribution in [2.45, 2.75) is 19.1 Å². The summed E-state index contributed by atoms with van der Waals surface area (Å²) in [5, 5.41) is 8.57. The van der Waals surface area contributed by atoms with Gasteiger partial charge in [0.05, 0.1) is 0 Å². The molecule has 0 saturated carbocycles. The molecule has 0 aromatic rings. The second-order valence-electron chi connectivity index (χ2n) is 1.47. The molecule has 2 nitrogen and oxygen atoms in total. The molecule has 2 atom stereocenters. The van der Waals surface area contributed by atoms with Gasteiger partial charge in [-0.3, -0.25) is 0 Å². The van der Waals surface area contributed by atoms with Crippen molar-refractivity contribution in [2.24, 2.45) is 5.73 Å². The lowest BCUT2D eigenvalue weighted by Gasteiger charge is -2.04. The van der Waals surface area contributed by atoms with Crippen LogP contribution in [0.5, 0.6) is 0 Å². The van der Waals surface area contributed by atoms with Gasteiger partial charge >= 0.3 is 0 Å². The zero-order chi connectivity index (χ0) is 5.86. The molecule has 0 amide bonds. The van der Waals surface area contributed by atoms with E-state index in [0.29, 0.717) is 0 Å². The van der Waals surface area contributed by atoms with Crippen LogP contribution in [-0.4, -0.2) is 17.3 Å². The highest BCUT2D eigenvalue weighted by molar-refractivity contribution is 4.97. The summed E-state index contributed by atoms with van der Waals surface area (Å²) in [6.45, 7) is 1.66. The van der Waals surface area contributed by atoms with Gasteiger partial charge in [-0.15, -0.1) is 6.42 Å². The smallest absolute Gasteiger partial charge is 0.129 e. The number of aliphatic hydroxyl groups is 1. The normalized spacial score (nSPS) is 17.4. The zero-order valence-corrected chi connectivity index (χ0v) is 4.26. The Balaban J connectivity index is 3.40. The summed E-state index contributed by atoms with van der Waals surface area (Å²) in [7, 11) is 0. The molecular weight excluding hydrogens is 90.1 g/mol. The van der Waals surface area contributed by atoms with Crippen LogP contribution in [0.3, 0.4) is 0 Å². The topological polar surface area (TPSA) is 46.2 Å². The Kier molecular flexibility index (Phi) is 2.42. The van der Waals surface area contributed by atoms with E-state index in [4.69, 9.17) is 17.3 Å². The average molecular weight is 99.1 g/mol. The van der Waals surface area contributed by atoms with Gasteiger partial charge in [-0.1, -0.05) is 5.92 Å². The average Bonchev–Trinajstić information content (AvgIpc) is 1.65. The van der Waals surface area contributed by atoms with Crippen molar-refractivity contribution in [1.82, 2.24) is 0 Å². The fourth-order valence-corrected chi connectivity index (χ4v) is 0.152. The molecular formula is C5H9NO. The predicted molar refractivity (Wildman–Crippen MR) is 28.5 cm³/mol. The third-order valence-electron chi connectivity index (χ3n) is 0.669. The third-order valence-corrected chi connectivity index (χ3v) is 0.669. The summed E-state index contributed by atoms with van der Waals surface area (Å²) in [6.07, 6.45) is 4.00. The number of hydrogen-bond donors (Lipinski definition) is 2. The van der Waals surface area contributed by atoms with Gasteiger partial charge in [-0.2, -0.15) is 0 Å². The molecule has 0 aliphatic rings. The highest BCUT2D eigenvalue weighted by Gasteiger charge is 2.01. The molecule has 3 N–H and O–H groups in total. The maximum absolute atomic E-state index is 8.57. The van der Waals surface area contributed by atoms with Gasteiger partial charge in [0.2, 0.25) is 0 Å². The van der Waals surface area contributed by atoms with E-state index in [-0.39, 0.29) is 6.04 Å². The quantitative estimate of drug-likeness (QED) is 0.428. The molecule has 40 valence electrons. The van der Waals surface area contributed by atoms with Crippen molar-refractivity contribution >= 4 is 0 Å². The number of rotatable bonds is 1. The molecule has 0 heterocycles. The molecule has 0 rings (SSSR count). The maximum Gasteiger partial charge on any atom is 0.129 e. The number of hydrogen-bond acceptors (Lipinski definition) is 2. The van der Waals surface area contributed by atoms with Gasteiger partial charge in [-0.25, -0.2) is 0 Å². The third kappa shape index (κ3) is 2.21. The van der Waals surface area contributed by atoms with E-state index >= 15 is 0 Å². The van der Waals surface area contributed by atoms with Crippen molar-refractivity contribution in [3.05, 3.63) is 0 Å². The van der Waals surface area contributed by atoms with Crippen LogP contribution in [0.1, 0.15) is 6.92 Å². The summed E-state index contributed by atoms with van der Waals surface area (Å²) in [4.78, 5) is 0. The van der Waals surface area contributed by atoms with Crippen LogP contribution in [0.15, 0.2) is 0 Å². The molecule has 0 aromatic heterocycles. The van der Waals surface area contributed by atoms with E-state index in [2.05, 4.69) is 5.92 Å². The molecule has 0 bridgehead atoms. The van der Waals surface area contributed by atoms with Gasteiger partial charge in [0, 0.05) is 6.04 Å². The minimum absolute atomic E-state index is 0.315. The van der Waals surface area contributed by atoms with Gasteiger partial charge in [0.25, 0.3) is 0 Å².